The number of hydrogen-bond donors (Lipinski definition) is 2. The van der Waals surface area contributed by atoms with Gasteiger partial charge in [-0.1, -0.05) is 65.2 Å². The van der Waals surface area contributed by atoms with E-state index >= 15 is 18.4 Å². The van der Waals surface area contributed by atoms with Crippen molar-refractivity contribution in [2.45, 2.75) is 188 Å². The molecule has 5 atom stereocenters. The first kappa shape index (κ1) is 58.1. The zero-order valence-corrected chi connectivity index (χ0v) is 50.0. The number of amides is 3. The molecule has 4 aromatic rings. The summed E-state index contributed by atoms with van der Waals surface area (Å²) in [6.45, 7) is 23.9. The normalized spacial score (nSPS) is 25.5. The Hall–Kier alpha value is -5.65. The molecule has 5 saturated heterocycles. The third kappa shape index (κ3) is 12.2. The number of carbonyl (C=O) groups excluding carboxylic acids is 4. The van der Waals surface area contributed by atoms with Crippen molar-refractivity contribution < 1.29 is 37.4 Å². The average molecular weight is 1130 g/mol. The van der Waals surface area contributed by atoms with Gasteiger partial charge in [0.1, 0.15) is 17.7 Å². The fraction of sp³-hybridized carbons (Fsp3) is 0.646. The van der Waals surface area contributed by atoms with Crippen molar-refractivity contribution in [3.8, 4) is 22.4 Å². The van der Waals surface area contributed by atoms with Gasteiger partial charge in [-0.05, 0) is 157 Å². The van der Waals surface area contributed by atoms with Gasteiger partial charge in [0.15, 0.2) is 0 Å². The van der Waals surface area contributed by atoms with Crippen molar-refractivity contribution in [3.05, 3.63) is 71.0 Å². The Morgan fingerprint density at radius 3 is 2.43 bits per heavy atom. The number of nitrogens with one attached hydrogen (secondary N) is 2. The molecule has 11 rings (SSSR count). The number of nitrogens with zero attached hydrogens (tertiary/aromatic N) is 7. The van der Waals surface area contributed by atoms with Gasteiger partial charge in [-0.15, -0.1) is 0 Å². The number of aryl methyl sites for hydroxylation is 1. The number of ether oxygens (including phenoxy) is 2. The van der Waals surface area contributed by atoms with Crippen molar-refractivity contribution in [2.24, 2.45) is 16.7 Å². The van der Waals surface area contributed by atoms with Crippen molar-refractivity contribution in [1.82, 2.24) is 40.0 Å². The Balaban J connectivity index is 0.977. The minimum atomic E-state index is -2.81. The van der Waals surface area contributed by atoms with Gasteiger partial charge in [-0.3, -0.25) is 34.2 Å². The largest absolute Gasteiger partial charge is 0.464 e. The topological polar surface area (TPSA) is 145 Å². The highest BCUT2D eigenvalue weighted by Crippen LogP contribution is 2.46. The van der Waals surface area contributed by atoms with Crippen LogP contribution >= 0.6 is 0 Å². The average Bonchev–Trinajstić information content (AvgIpc) is 2.39. The van der Waals surface area contributed by atoms with Crippen molar-refractivity contribution in [3.63, 3.8) is 0 Å². The van der Waals surface area contributed by atoms with Crippen LogP contribution in [0.15, 0.2) is 48.7 Å². The second-order valence-electron chi connectivity index (χ2n) is 27.4. The molecular formula is C65H89F2N9O6. The van der Waals surface area contributed by atoms with Gasteiger partial charge in [0.2, 0.25) is 5.91 Å². The summed E-state index contributed by atoms with van der Waals surface area (Å²) in [7, 11) is 0. The maximum absolute atomic E-state index is 15.4. The lowest BCUT2D eigenvalue weighted by Gasteiger charge is -2.45. The highest BCUT2D eigenvalue weighted by atomic mass is 19.3. The molecule has 6 bridgehead atoms. The molecule has 444 valence electrons. The van der Waals surface area contributed by atoms with Crippen LogP contribution in [-0.2, 0) is 43.2 Å². The van der Waals surface area contributed by atoms with Crippen LogP contribution in [0, 0.1) is 16.7 Å². The van der Waals surface area contributed by atoms with Crippen LogP contribution in [0.1, 0.15) is 161 Å². The number of aromatic nitrogens is 2. The van der Waals surface area contributed by atoms with E-state index in [2.05, 4.69) is 89.0 Å². The molecule has 2 N–H and O–H groups in total. The third-order valence-electron chi connectivity index (χ3n) is 19.1. The lowest BCUT2D eigenvalue weighted by Crippen LogP contribution is -2.62. The second-order valence-corrected chi connectivity index (χ2v) is 27.4. The Morgan fingerprint density at radius 2 is 1.67 bits per heavy atom. The molecule has 0 unspecified atom stereocenters. The van der Waals surface area contributed by atoms with Crippen LogP contribution in [0.2, 0.25) is 0 Å². The molecule has 1 saturated carbocycles. The minimum Gasteiger partial charge on any atom is -0.464 e. The highest BCUT2D eigenvalue weighted by molar-refractivity contribution is 5.96. The SMILES string of the molecule is CCn1c(-c2cc(N3CCN4CCCC[C@@H]4C3)cnc2C(C)C)c2c3cc(ccc31)-c1cc(cc(C(F)F)c1)C[C@H](NC(=O)[C@H](C1CCCC1)N1CC[C@]3(CCN(C(=O)OC(C)(C)C)C3)C1)C(=O)N1CCC[C@H](N1)C(=O)OCC(C)(C)C2. The van der Waals surface area contributed by atoms with Gasteiger partial charge in [0.05, 0.1) is 35.9 Å². The fourth-order valence-electron chi connectivity index (χ4n) is 15.0. The van der Waals surface area contributed by atoms with Gasteiger partial charge < -0.3 is 29.2 Å². The summed E-state index contributed by atoms with van der Waals surface area (Å²) in [5, 5.41) is 5.67. The number of esters is 1. The van der Waals surface area contributed by atoms with Gasteiger partial charge in [-0.2, -0.15) is 0 Å². The number of hydrogen-bond acceptors (Lipinski definition) is 11. The second kappa shape index (κ2) is 23.4. The quantitative estimate of drug-likeness (QED) is 0.155. The molecule has 1 spiro atoms. The number of piperidine rings is 1. The molecule has 3 amide bonds. The van der Waals surface area contributed by atoms with Gasteiger partial charge >= 0.3 is 12.1 Å². The maximum atomic E-state index is 15.4. The number of hydrazine groups is 1. The van der Waals surface area contributed by atoms with E-state index in [1.807, 2.05) is 32.9 Å². The molecule has 0 radical (unpaired) electrons. The predicted molar refractivity (Wildman–Crippen MR) is 315 cm³/mol. The molecule has 2 aromatic carbocycles. The maximum Gasteiger partial charge on any atom is 0.410 e. The Bertz CT molecular complexity index is 3040. The molecule has 2 aromatic heterocycles. The monoisotopic (exact) mass is 1130 g/mol. The first-order valence-corrected chi connectivity index (χ1v) is 31.0. The van der Waals surface area contributed by atoms with Crippen LogP contribution in [-0.4, -0.2) is 148 Å². The van der Waals surface area contributed by atoms with E-state index in [1.54, 1.807) is 11.0 Å². The molecule has 15 nitrogen and oxygen atoms in total. The van der Waals surface area contributed by atoms with Crippen molar-refractivity contribution >= 4 is 40.5 Å². The first-order chi connectivity index (χ1) is 39.1. The summed E-state index contributed by atoms with van der Waals surface area (Å²) in [6, 6.07) is 11.5. The fourth-order valence-corrected chi connectivity index (χ4v) is 15.0. The van der Waals surface area contributed by atoms with E-state index in [-0.39, 0.29) is 54.4 Å². The number of halogens is 2. The van der Waals surface area contributed by atoms with Crippen LogP contribution in [0.3, 0.4) is 0 Å². The zero-order chi connectivity index (χ0) is 57.8. The number of likely N-dealkylation sites (tertiary alicyclic amines) is 2. The number of alkyl halides is 2. The lowest BCUT2D eigenvalue weighted by molar-refractivity contribution is -0.155. The summed E-state index contributed by atoms with van der Waals surface area (Å²) in [6.07, 6.45) is 9.40. The van der Waals surface area contributed by atoms with Gasteiger partial charge in [0, 0.05) is 97.7 Å². The number of piperazine rings is 1. The molecule has 8 heterocycles. The number of pyridine rings is 1. The lowest BCUT2D eigenvalue weighted by atomic mass is 9.83. The van der Waals surface area contributed by atoms with Gasteiger partial charge in [0.25, 0.3) is 12.3 Å². The molecule has 6 fully saturated rings. The summed E-state index contributed by atoms with van der Waals surface area (Å²) in [4.78, 5) is 72.6. The summed E-state index contributed by atoms with van der Waals surface area (Å²) in [5.41, 5.74) is 9.79. The van der Waals surface area contributed by atoms with E-state index in [0.29, 0.717) is 69.2 Å². The van der Waals surface area contributed by atoms with E-state index in [4.69, 9.17) is 14.5 Å². The number of fused-ring (bicyclic) bond motifs is 7. The Labute approximate surface area is 484 Å². The Kier molecular flexibility index (Phi) is 16.6. The van der Waals surface area contributed by atoms with Gasteiger partial charge in [-0.25, -0.2) is 19.0 Å². The van der Waals surface area contributed by atoms with Crippen LogP contribution in [0.4, 0.5) is 19.3 Å². The molecule has 6 aliphatic heterocycles. The van der Waals surface area contributed by atoms with Crippen LogP contribution < -0.4 is 15.6 Å². The number of anilines is 1. The Morgan fingerprint density at radius 1 is 0.890 bits per heavy atom. The molecule has 1 aliphatic carbocycles. The van der Waals surface area contributed by atoms with Crippen LogP contribution in [0.25, 0.3) is 33.3 Å². The molecule has 17 heteroatoms. The van der Waals surface area contributed by atoms with Crippen molar-refractivity contribution in [2.75, 3.05) is 70.4 Å². The number of rotatable bonds is 9. The molecular weight excluding hydrogens is 1040 g/mol. The first-order valence-electron chi connectivity index (χ1n) is 31.0. The van der Waals surface area contributed by atoms with E-state index < -0.39 is 47.4 Å². The molecule has 7 aliphatic rings. The van der Waals surface area contributed by atoms with E-state index in [1.165, 1.54) is 30.3 Å². The van der Waals surface area contributed by atoms with E-state index in [9.17, 15) is 9.59 Å². The van der Waals surface area contributed by atoms with Crippen LogP contribution in [0.5, 0.6) is 0 Å². The summed E-state index contributed by atoms with van der Waals surface area (Å²) < 4.78 is 45.2. The summed E-state index contributed by atoms with van der Waals surface area (Å²) >= 11 is 0. The highest BCUT2D eigenvalue weighted by Gasteiger charge is 2.50. The number of cyclic esters (lactones) is 1. The third-order valence-corrected chi connectivity index (χ3v) is 19.1. The number of benzene rings is 2. The minimum absolute atomic E-state index is 0.0515. The smallest absolute Gasteiger partial charge is 0.410 e. The number of carbonyl (C=O) groups is 4. The van der Waals surface area contributed by atoms with E-state index in [0.717, 1.165) is 109 Å². The predicted octanol–water partition coefficient (Wildman–Crippen LogP) is 10.7. The standard InChI is InChI=1S/C65H89F2N9O6/c1-9-75-54-20-19-44-33-49(54)51(57(75)50-34-48(36-68-55(50)41(2)3)72-28-27-71-23-13-12-17-47(71)37-72)35-64(7,8)40-81-61(79)52-18-14-24-76(70-52)60(78)53(31-42-29-45(44)32-46(30-42)58(66)67)69-59(77)56(43-15-10-11-16-43)73-25-21-65(38-73)22-26-74(39-65)62(80)82-63(4,5)6/h19-20,29-30,32-34,36,41,43,47,52-53,56,58,70H,9-18,21-28,31,35,37-40H2,1-8H3,(H,69,77)/t47-,52+,53+,56+,65+/m1/s1. The molecule has 82 heavy (non-hydrogen) atoms. The zero-order valence-electron chi connectivity index (χ0n) is 50.0. The summed E-state index contributed by atoms with van der Waals surface area (Å²) in [5.74, 6) is -1.02. The van der Waals surface area contributed by atoms with Crippen molar-refractivity contribution in [1.29, 1.82) is 0 Å².